The molecule has 1 N–H and O–H groups in total. The van der Waals surface area contributed by atoms with Crippen LogP contribution in [0.3, 0.4) is 0 Å². The fourth-order valence-corrected chi connectivity index (χ4v) is 3.46. The van der Waals surface area contributed by atoms with Gasteiger partial charge in [-0.25, -0.2) is 4.98 Å². The van der Waals surface area contributed by atoms with Crippen molar-refractivity contribution in [2.24, 2.45) is 7.05 Å². The Morgan fingerprint density at radius 2 is 2.04 bits per heavy atom. The summed E-state index contributed by atoms with van der Waals surface area (Å²) in [5, 5.41) is 7.97. The summed E-state index contributed by atoms with van der Waals surface area (Å²) in [6.07, 6.45) is 4.82. The molecule has 6 nitrogen and oxygen atoms in total. The van der Waals surface area contributed by atoms with Gasteiger partial charge in [-0.3, -0.25) is 4.68 Å². The molecule has 0 spiro atoms. The molecular formula is C20H24N4O2. The Labute approximate surface area is 153 Å². The van der Waals surface area contributed by atoms with E-state index in [1.807, 2.05) is 24.9 Å². The molecule has 1 aromatic carbocycles. The highest BCUT2D eigenvalue weighted by Gasteiger charge is 2.31. The molecule has 1 aliphatic heterocycles. The lowest BCUT2D eigenvalue weighted by atomic mass is 10.0. The van der Waals surface area contributed by atoms with Gasteiger partial charge in [0.1, 0.15) is 6.10 Å². The van der Waals surface area contributed by atoms with Crippen LogP contribution in [0.25, 0.3) is 11.3 Å². The van der Waals surface area contributed by atoms with Crippen molar-refractivity contribution in [3.05, 3.63) is 59.4 Å². The van der Waals surface area contributed by atoms with Crippen LogP contribution in [0.15, 0.2) is 41.1 Å². The van der Waals surface area contributed by atoms with E-state index in [1.54, 1.807) is 6.20 Å². The summed E-state index contributed by atoms with van der Waals surface area (Å²) in [7, 11) is 1.94. The highest BCUT2D eigenvalue weighted by Crippen LogP contribution is 2.31. The van der Waals surface area contributed by atoms with Gasteiger partial charge in [-0.1, -0.05) is 29.8 Å². The van der Waals surface area contributed by atoms with E-state index in [0.29, 0.717) is 12.4 Å². The van der Waals surface area contributed by atoms with E-state index >= 15 is 0 Å². The Kier molecular flexibility index (Phi) is 4.61. The minimum Gasteiger partial charge on any atom is -0.439 e. The van der Waals surface area contributed by atoms with E-state index in [2.05, 4.69) is 46.6 Å². The van der Waals surface area contributed by atoms with E-state index < -0.39 is 0 Å². The summed E-state index contributed by atoms with van der Waals surface area (Å²) < 4.78 is 13.7. The van der Waals surface area contributed by atoms with Crippen molar-refractivity contribution < 1.29 is 9.15 Å². The summed E-state index contributed by atoms with van der Waals surface area (Å²) in [6, 6.07) is 8.49. The SMILES string of the molecule is Cc1ccc(-c2cnc(CN[C@H]3CCO[C@@H]3c3cn(C)nc3C)o2)cc1. The number of benzene rings is 1. The Morgan fingerprint density at radius 3 is 2.77 bits per heavy atom. The third kappa shape index (κ3) is 3.43. The second-order valence-corrected chi connectivity index (χ2v) is 6.90. The van der Waals surface area contributed by atoms with Gasteiger partial charge in [0.15, 0.2) is 5.76 Å². The van der Waals surface area contributed by atoms with Crippen molar-refractivity contribution in [2.75, 3.05) is 6.61 Å². The lowest BCUT2D eigenvalue weighted by Crippen LogP contribution is -2.31. The predicted octanol–water partition coefficient (Wildman–Crippen LogP) is 3.31. The van der Waals surface area contributed by atoms with Crippen LogP contribution in [-0.4, -0.2) is 27.4 Å². The Bertz CT molecular complexity index is 882. The summed E-state index contributed by atoms with van der Waals surface area (Å²) in [6.45, 7) is 5.42. The molecule has 0 aliphatic carbocycles. The van der Waals surface area contributed by atoms with Crippen LogP contribution in [0.5, 0.6) is 0 Å². The zero-order chi connectivity index (χ0) is 18.1. The Morgan fingerprint density at radius 1 is 1.23 bits per heavy atom. The fraction of sp³-hybridized carbons (Fsp3) is 0.400. The maximum atomic E-state index is 5.95. The number of hydrogen-bond donors (Lipinski definition) is 1. The number of rotatable bonds is 5. The maximum Gasteiger partial charge on any atom is 0.208 e. The highest BCUT2D eigenvalue weighted by atomic mass is 16.5. The molecule has 136 valence electrons. The van der Waals surface area contributed by atoms with Crippen LogP contribution in [0.4, 0.5) is 0 Å². The van der Waals surface area contributed by atoms with Gasteiger partial charge in [0.05, 0.1) is 18.4 Å². The number of ether oxygens (including phenoxy) is 1. The largest absolute Gasteiger partial charge is 0.439 e. The van der Waals surface area contributed by atoms with Gasteiger partial charge < -0.3 is 14.5 Å². The molecule has 2 atom stereocenters. The number of nitrogens with one attached hydrogen (secondary N) is 1. The van der Waals surface area contributed by atoms with Crippen molar-refractivity contribution >= 4 is 0 Å². The summed E-state index contributed by atoms with van der Waals surface area (Å²) in [4.78, 5) is 4.41. The number of hydrogen-bond acceptors (Lipinski definition) is 5. The molecule has 1 saturated heterocycles. The number of nitrogens with zero attached hydrogens (tertiary/aromatic N) is 3. The minimum absolute atomic E-state index is 0.0234. The average Bonchev–Trinajstić information content (AvgIpc) is 3.33. The van der Waals surface area contributed by atoms with Crippen molar-refractivity contribution in [2.45, 2.75) is 39.0 Å². The quantitative estimate of drug-likeness (QED) is 0.763. The lowest BCUT2D eigenvalue weighted by Gasteiger charge is -2.18. The van der Waals surface area contributed by atoms with Crippen molar-refractivity contribution in [3.63, 3.8) is 0 Å². The van der Waals surface area contributed by atoms with E-state index in [-0.39, 0.29) is 12.1 Å². The van der Waals surface area contributed by atoms with Crippen LogP contribution in [0.1, 0.15) is 35.2 Å². The molecule has 26 heavy (non-hydrogen) atoms. The number of aromatic nitrogens is 3. The monoisotopic (exact) mass is 352 g/mol. The summed E-state index contributed by atoms with van der Waals surface area (Å²) in [5.74, 6) is 1.48. The maximum absolute atomic E-state index is 5.95. The third-order valence-electron chi connectivity index (χ3n) is 4.85. The number of oxazole rings is 1. The standard InChI is InChI=1S/C20H24N4O2/c1-13-4-6-15(7-5-13)18-10-22-19(26-18)11-21-17-8-9-25-20(17)16-12-24(3)23-14(16)2/h4-7,10,12,17,20-21H,8-9,11H2,1-3H3/t17-,20+/m0/s1. The average molecular weight is 352 g/mol. The molecule has 0 saturated carbocycles. The van der Waals surface area contributed by atoms with Gasteiger partial charge in [-0.05, 0) is 20.3 Å². The van der Waals surface area contributed by atoms with Gasteiger partial charge in [-0.2, -0.15) is 5.10 Å². The molecule has 4 rings (SSSR count). The van der Waals surface area contributed by atoms with Crippen molar-refractivity contribution in [3.8, 4) is 11.3 Å². The molecule has 0 bridgehead atoms. The van der Waals surface area contributed by atoms with E-state index in [4.69, 9.17) is 9.15 Å². The summed E-state index contributed by atoms with van der Waals surface area (Å²) in [5.41, 5.74) is 4.44. The van der Waals surface area contributed by atoms with Crippen molar-refractivity contribution in [1.29, 1.82) is 0 Å². The topological polar surface area (TPSA) is 65.1 Å². The van der Waals surface area contributed by atoms with E-state index in [0.717, 1.165) is 35.6 Å². The smallest absolute Gasteiger partial charge is 0.208 e. The molecule has 0 amide bonds. The predicted molar refractivity (Wildman–Crippen MR) is 98.6 cm³/mol. The van der Waals surface area contributed by atoms with Gasteiger partial charge in [0.2, 0.25) is 5.89 Å². The zero-order valence-electron chi connectivity index (χ0n) is 15.4. The lowest BCUT2D eigenvalue weighted by molar-refractivity contribution is 0.0975. The first-order chi connectivity index (χ1) is 12.6. The number of aryl methyl sites for hydroxylation is 3. The molecule has 1 fully saturated rings. The van der Waals surface area contributed by atoms with E-state index in [9.17, 15) is 0 Å². The first-order valence-electron chi connectivity index (χ1n) is 8.97. The molecule has 2 aromatic heterocycles. The molecule has 1 aliphatic rings. The second-order valence-electron chi connectivity index (χ2n) is 6.90. The van der Waals surface area contributed by atoms with Crippen molar-refractivity contribution in [1.82, 2.24) is 20.1 Å². The normalized spacial score (nSPS) is 20.0. The van der Waals surface area contributed by atoms with Crippen LogP contribution >= 0.6 is 0 Å². The van der Waals surface area contributed by atoms with Crippen LogP contribution < -0.4 is 5.32 Å². The fourth-order valence-electron chi connectivity index (χ4n) is 3.46. The van der Waals surface area contributed by atoms with Gasteiger partial charge in [0.25, 0.3) is 0 Å². The first-order valence-corrected chi connectivity index (χ1v) is 8.97. The van der Waals surface area contributed by atoms with Gasteiger partial charge in [-0.15, -0.1) is 0 Å². The molecule has 3 heterocycles. The third-order valence-corrected chi connectivity index (χ3v) is 4.85. The van der Waals surface area contributed by atoms with E-state index in [1.165, 1.54) is 5.56 Å². The highest BCUT2D eigenvalue weighted by molar-refractivity contribution is 5.56. The molecule has 0 radical (unpaired) electrons. The summed E-state index contributed by atoms with van der Waals surface area (Å²) >= 11 is 0. The molecule has 0 unspecified atom stereocenters. The first kappa shape index (κ1) is 17.0. The Hall–Kier alpha value is -2.44. The minimum atomic E-state index is 0.0234. The second kappa shape index (κ2) is 7.05. The Balaban J connectivity index is 1.42. The zero-order valence-corrected chi connectivity index (χ0v) is 15.4. The van der Waals surface area contributed by atoms with Gasteiger partial charge in [0, 0.05) is 37.0 Å². The van der Waals surface area contributed by atoms with Crippen LogP contribution in [-0.2, 0) is 18.3 Å². The molecule has 6 heteroatoms. The molecule has 3 aromatic rings. The van der Waals surface area contributed by atoms with Crippen LogP contribution in [0, 0.1) is 13.8 Å². The van der Waals surface area contributed by atoms with Gasteiger partial charge >= 0.3 is 0 Å². The molecular weight excluding hydrogens is 328 g/mol. The van der Waals surface area contributed by atoms with Crippen LogP contribution in [0.2, 0.25) is 0 Å².